The summed E-state index contributed by atoms with van der Waals surface area (Å²) in [5.74, 6) is 2.37. The third-order valence-electron chi connectivity index (χ3n) is 4.09. The molecule has 0 spiro atoms. The van der Waals surface area contributed by atoms with Crippen LogP contribution < -0.4 is 19.5 Å². The summed E-state index contributed by atoms with van der Waals surface area (Å²) in [4.78, 5) is 12.6. The first-order valence-corrected chi connectivity index (χ1v) is 8.53. The maximum atomic E-state index is 12.6. The first-order valence-electron chi connectivity index (χ1n) is 8.53. The Morgan fingerprint density at radius 2 is 1.79 bits per heavy atom. The Morgan fingerprint density at radius 3 is 2.43 bits per heavy atom. The van der Waals surface area contributed by atoms with E-state index >= 15 is 0 Å². The van der Waals surface area contributed by atoms with E-state index in [1.165, 1.54) is 7.11 Å². The van der Waals surface area contributed by atoms with Gasteiger partial charge in [-0.1, -0.05) is 6.07 Å². The zero-order valence-electron chi connectivity index (χ0n) is 16.1. The first kappa shape index (κ1) is 19.2. The van der Waals surface area contributed by atoms with Crippen LogP contribution >= 0.6 is 0 Å². The SMILES string of the molecule is COc1ccc(CC(=O)Nc2cc(-c3nnc(C)o3)ccc2OC)c(OC)c1. The molecule has 0 aliphatic rings. The van der Waals surface area contributed by atoms with Gasteiger partial charge < -0.3 is 23.9 Å². The van der Waals surface area contributed by atoms with Crippen LogP contribution in [0.3, 0.4) is 0 Å². The lowest BCUT2D eigenvalue weighted by Crippen LogP contribution is -2.15. The molecule has 1 aromatic heterocycles. The lowest BCUT2D eigenvalue weighted by Gasteiger charge is -2.13. The molecule has 0 aliphatic heterocycles. The van der Waals surface area contributed by atoms with E-state index in [1.807, 2.05) is 0 Å². The Hall–Kier alpha value is -3.55. The van der Waals surface area contributed by atoms with Gasteiger partial charge in [0.2, 0.25) is 17.7 Å². The predicted octanol–water partition coefficient (Wildman–Crippen LogP) is 3.25. The molecule has 1 N–H and O–H groups in total. The number of carbonyl (C=O) groups excluding carboxylic acids is 1. The summed E-state index contributed by atoms with van der Waals surface area (Å²) in [6.07, 6.45) is 0.125. The standard InChI is InChI=1S/C20H21N3O5/c1-12-22-23-20(28-12)14-6-8-17(26-3)16(9-14)21-19(24)10-13-5-7-15(25-2)11-18(13)27-4/h5-9,11H,10H2,1-4H3,(H,21,24). The molecule has 0 saturated heterocycles. The molecule has 3 rings (SSSR count). The highest BCUT2D eigenvalue weighted by Gasteiger charge is 2.15. The zero-order chi connectivity index (χ0) is 20.1. The molecule has 8 nitrogen and oxygen atoms in total. The van der Waals surface area contributed by atoms with E-state index in [0.29, 0.717) is 40.3 Å². The lowest BCUT2D eigenvalue weighted by atomic mass is 10.1. The van der Waals surface area contributed by atoms with E-state index in [1.54, 1.807) is 57.5 Å². The number of nitrogens with zero attached hydrogens (tertiary/aromatic N) is 2. The van der Waals surface area contributed by atoms with Crippen molar-refractivity contribution >= 4 is 11.6 Å². The normalized spacial score (nSPS) is 10.4. The smallest absolute Gasteiger partial charge is 0.247 e. The molecular formula is C20H21N3O5. The monoisotopic (exact) mass is 383 g/mol. The highest BCUT2D eigenvalue weighted by molar-refractivity contribution is 5.94. The van der Waals surface area contributed by atoms with Crippen molar-refractivity contribution in [2.24, 2.45) is 0 Å². The maximum absolute atomic E-state index is 12.6. The number of aryl methyl sites for hydroxylation is 1. The fraction of sp³-hybridized carbons (Fsp3) is 0.250. The van der Waals surface area contributed by atoms with Crippen molar-refractivity contribution in [3.63, 3.8) is 0 Å². The molecular weight excluding hydrogens is 362 g/mol. The second-order valence-corrected chi connectivity index (χ2v) is 5.94. The molecule has 1 amide bonds. The van der Waals surface area contributed by atoms with E-state index in [0.717, 1.165) is 5.56 Å². The zero-order valence-corrected chi connectivity index (χ0v) is 16.1. The molecule has 8 heteroatoms. The predicted molar refractivity (Wildman–Crippen MR) is 103 cm³/mol. The number of hydrogen-bond acceptors (Lipinski definition) is 7. The Labute approximate surface area is 162 Å². The highest BCUT2D eigenvalue weighted by atomic mass is 16.5. The van der Waals surface area contributed by atoms with Crippen molar-refractivity contribution in [1.29, 1.82) is 0 Å². The number of carbonyl (C=O) groups is 1. The summed E-state index contributed by atoms with van der Waals surface area (Å²) in [5, 5.41) is 10.7. The van der Waals surface area contributed by atoms with Crippen LogP contribution in [0.15, 0.2) is 40.8 Å². The summed E-state index contributed by atoms with van der Waals surface area (Å²) in [6.45, 7) is 1.71. The largest absolute Gasteiger partial charge is 0.497 e. The molecule has 2 aromatic carbocycles. The molecule has 28 heavy (non-hydrogen) atoms. The van der Waals surface area contributed by atoms with E-state index in [9.17, 15) is 4.79 Å². The van der Waals surface area contributed by atoms with Gasteiger partial charge in [0.1, 0.15) is 17.2 Å². The van der Waals surface area contributed by atoms with Crippen molar-refractivity contribution in [1.82, 2.24) is 10.2 Å². The van der Waals surface area contributed by atoms with Gasteiger partial charge in [-0.05, 0) is 24.3 Å². The number of methoxy groups -OCH3 is 3. The number of hydrogen-bond donors (Lipinski definition) is 1. The summed E-state index contributed by atoms with van der Waals surface area (Å²) < 4.78 is 21.3. The van der Waals surface area contributed by atoms with Gasteiger partial charge in [0.25, 0.3) is 0 Å². The van der Waals surface area contributed by atoms with Gasteiger partial charge >= 0.3 is 0 Å². The van der Waals surface area contributed by atoms with E-state index in [-0.39, 0.29) is 12.3 Å². The van der Waals surface area contributed by atoms with E-state index in [4.69, 9.17) is 18.6 Å². The molecule has 1 heterocycles. The maximum Gasteiger partial charge on any atom is 0.247 e. The minimum atomic E-state index is -0.222. The highest BCUT2D eigenvalue weighted by Crippen LogP contribution is 2.31. The topological polar surface area (TPSA) is 95.7 Å². The first-order chi connectivity index (χ1) is 13.5. The molecule has 0 bridgehead atoms. The summed E-state index contributed by atoms with van der Waals surface area (Å²) >= 11 is 0. The van der Waals surface area contributed by atoms with Crippen LogP contribution in [0.25, 0.3) is 11.5 Å². The Balaban J connectivity index is 1.81. The molecule has 0 aliphatic carbocycles. The minimum absolute atomic E-state index is 0.125. The van der Waals surface area contributed by atoms with Crippen LogP contribution in [0.1, 0.15) is 11.5 Å². The fourth-order valence-electron chi connectivity index (χ4n) is 2.72. The molecule has 0 atom stereocenters. The minimum Gasteiger partial charge on any atom is -0.497 e. The van der Waals surface area contributed by atoms with Crippen LogP contribution in [0.2, 0.25) is 0 Å². The molecule has 0 radical (unpaired) electrons. The van der Waals surface area contributed by atoms with Crippen molar-refractivity contribution in [3.05, 3.63) is 47.9 Å². The average molecular weight is 383 g/mol. The quantitative estimate of drug-likeness (QED) is 0.669. The average Bonchev–Trinajstić information content (AvgIpc) is 3.14. The van der Waals surface area contributed by atoms with Crippen LogP contribution in [-0.2, 0) is 11.2 Å². The number of ether oxygens (including phenoxy) is 3. The van der Waals surface area contributed by atoms with Crippen molar-refractivity contribution in [3.8, 4) is 28.7 Å². The van der Waals surface area contributed by atoms with E-state index < -0.39 is 0 Å². The number of nitrogens with one attached hydrogen (secondary N) is 1. The van der Waals surface area contributed by atoms with Gasteiger partial charge in [0.05, 0.1) is 33.4 Å². The van der Waals surface area contributed by atoms with Crippen LogP contribution in [-0.4, -0.2) is 37.4 Å². The van der Waals surface area contributed by atoms with Crippen molar-refractivity contribution in [2.75, 3.05) is 26.6 Å². The number of rotatable bonds is 7. The van der Waals surface area contributed by atoms with Crippen LogP contribution in [0, 0.1) is 6.92 Å². The Morgan fingerprint density at radius 1 is 1.00 bits per heavy atom. The van der Waals surface area contributed by atoms with Crippen LogP contribution in [0.4, 0.5) is 5.69 Å². The fourth-order valence-corrected chi connectivity index (χ4v) is 2.72. The second-order valence-electron chi connectivity index (χ2n) is 5.94. The summed E-state index contributed by atoms with van der Waals surface area (Å²) in [5.41, 5.74) is 1.93. The third kappa shape index (κ3) is 4.22. The van der Waals surface area contributed by atoms with Gasteiger partial charge in [-0.2, -0.15) is 0 Å². The van der Waals surface area contributed by atoms with Gasteiger partial charge in [0.15, 0.2) is 0 Å². The molecule has 0 fully saturated rings. The Bertz CT molecular complexity index is 984. The summed E-state index contributed by atoms with van der Waals surface area (Å²) in [6, 6.07) is 10.6. The number of anilines is 1. The molecule has 0 unspecified atom stereocenters. The van der Waals surface area contributed by atoms with Crippen LogP contribution in [0.5, 0.6) is 17.2 Å². The van der Waals surface area contributed by atoms with Crippen molar-refractivity contribution in [2.45, 2.75) is 13.3 Å². The van der Waals surface area contributed by atoms with Gasteiger partial charge in [-0.3, -0.25) is 4.79 Å². The third-order valence-corrected chi connectivity index (χ3v) is 4.09. The van der Waals surface area contributed by atoms with E-state index in [2.05, 4.69) is 15.5 Å². The Kier molecular flexibility index (Phi) is 5.78. The number of aromatic nitrogens is 2. The number of benzene rings is 2. The van der Waals surface area contributed by atoms with Crippen molar-refractivity contribution < 1.29 is 23.4 Å². The number of amides is 1. The molecule has 146 valence electrons. The summed E-state index contributed by atoms with van der Waals surface area (Å²) in [7, 11) is 4.66. The molecule has 0 saturated carbocycles. The van der Waals surface area contributed by atoms with Gasteiger partial charge in [-0.25, -0.2) is 0 Å². The molecule has 3 aromatic rings. The second kappa shape index (κ2) is 8.43. The lowest BCUT2D eigenvalue weighted by molar-refractivity contribution is -0.115. The van der Waals surface area contributed by atoms with Gasteiger partial charge in [0, 0.05) is 24.1 Å². The van der Waals surface area contributed by atoms with Gasteiger partial charge in [-0.15, -0.1) is 10.2 Å².